The van der Waals surface area contributed by atoms with Gasteiger partial charge in [-0.05, 0) is 29.1 Å². The second-order valence-electron chi connectivity index (χ2n) is 4.95. The number of benzene rings is 2. The topological polar surface area (TPSA) is 33.1 Å². The lowest BCUT2D eigenvalue weighted by Gasteiger charge is -2.13. The zero-order valence-electron chi connectivity index (χ0n) is 11.1. The van der Waals surface area contributed by atoms with Crippen molar-refractivity contribution in [1.82, 2.24) is 4.98 Å². The highest BCUT2D eigenvalue weighted by Crippen LogP contribution is 2.26. The number of hydrogen-bond donors (Lipinski definition) is 1. The number of rotatable bonds is 3. The molecule has 1 unspecified atom stereocenters. The zero-order valence-corrected chi connectivity index (χ0v) is 12.7. The van der Waals surface area contributed by atoms with E-state index < -0.39 is 6.10 Å². The molecule has 2 nitrogen and oxygen atoms in total. The molecule has 3 rings (SSSR count). The predicted molar refractivity (Wildman–Crippen MR) is 84.5 cm³/mol. The molecule has 1 aromatic heterocycles. The molecule has 0 amide bonds. The molecule has 0 saturated heterocycles. The summed E-state index contributed by atoms with van der Waals surface area (Å²) in [6.07, 6.45) is 3.05. The Kier molecular flexibility index (Phi) is 3.99. The third-order valence-electron chi connectivity index (χ3n) is 3.41. The summed E-state index contributed by atoms with van der Waals surface area (Å²) in [5.74, 6) is -0.317. The largest absolute Gasteiger partial charge is 0.388 e. The predicted octanol–water partition coefficient (Wildman–Crippen LogP) is 4.41. The zero-order chi connectivity index (χ0) is 14.8. The van der Waals surface area contributed by atoms with Crippen molar-refractivity contribution in [1.29, 1.82) is 0 Å². The summed E-state index contributed by atoms with van der Waals surface area (Å²) in [5, 5.41) is 12.4. The molecule has 106 valence electrons. The van der Waals surface area contributed by atoms with Crippen molar-refractivity contribution < 1.29 is 9.50 Å². The molecule has 1 heterocycles. The van der Waals surface area contributed by atoms with Gasteiger partial charge in [-0.3, -0.25) is 4.98 Å². The minimum Gasteiger partial charge on any atom is -0.388 e. The highest BCUT2D eigenvalue weighted by atomic mass is 79.9. The second-order valence-corrected chi connectivity index (χ2v) is 5.86. The summed E-state index contributed by atoms with van der Waals surface area (Å²) in [6, 6.07) is 12.4. The van der Waals surface area contributed by atoms with Crippen LogP contribution in [0.25, 0.3) is 10.8 Å². The Morgan fingerprint density at radius 3 is 2.76 bits per heavy atom. The summed E-state index contributed by atoms with van der Waals surface area (Å²) in [7, 11) is 0. The van der Waals surface area contributed by atoms with Crippen molar-refractivity contribution in [2.45, 2.75) is 12.5 Å². The van der Waals surface area contributed by atoms with E-state index in [0.717, 1.165) is 21.9 Å². The van der Waals surface area contributed by atoms with E-state index in [-0.39, 0.29) is 5.82 Å². The average molecular weight is 346 g/mol. The van der Waals surface area contributed by atoms with E-state index in [1.54, 1.807) is 12.4 Å². The van der Waals surface area contributed by atoms with Crippen LogP contribution < -0.4 is 0 Å². The lowest BCUT2D eigenvalue weighted by Crippen LogP contribution is -2.03. The minimum atomic E-state index is -0.725. The van der Waals surface area contributed by atoms with Gasteiger partial charge >= 0.3 is 0 Å². The summed E-state index contributed by atoms with van der Waals surface area (Å²) in [6.45, 7) is 0. The van der Waals surface area contributed by atoms with Gasteiger partial charge in [-0.2, -0.15) is 0 Å². The Morgan fingerprint density at radius 1 is 1.14 bits per heavy atom. The first-order chi connectivity index (χ1) is 10.1. The molecule has 0 radical (unpaired) electrons. The van der Waals surface area contributed by atoms with E-state index in [1.165, 1.54) is 12.1 Å². The van der Waals surface area contributed by atoms with Crippen LogP contribution in [-0.2, 0) is 6.42 Å². The standard InChI is InChI=1S/C17H13BrFNO/c18-13-5-11(6-14(19)8-13)7-17(21)16-10-20-9-12-3-1-2-4-15(12)16/h1-6,8-10,17,21H,7H2. The Bertz CT molecular complexity index is 765. The fourth-order valence-electron chi connectivity index (χ4n) is 2.47. The number of halogens is 2. The van der Waals surface area contributed by atoms with Gasteiger partial charge in [0.2, 0.25) is 0 Å². The SMILES string of the molecule is OC(Cc1cc(F)cc(Br)c1)c1cncc2ccccc12. The molecular formula is C17H13BrFNO. The maximum atomic E-state index is 13.4. The summed E-state index contributed by atoms with van der Waals surface area (Å²) >= 11 is 3.26. The number of hydrogen-bond acceptors (Lipinski definition) is 2. The van der Waals surface area contributed by atoms with Crippen molar-refractivity contribution in [3.05, 3.63) is 76.3 Å². The van der Waals surface area contributed by atoms with Crippen LogP contribution in [0.15, 0.2) is 59.3 Å². The van der Waals surface area contributed by atoms with Gasteiger partial charge in [-0.25, -0.2) is 4.39 Å². The van der Waals surface area contributed by atoms with Crippen LogP contribution in [0.2, 0.25) is 0 Å². The second kappa shape index (κ2) is 5.92. The van der Waals surface area contributed by atoms with E-state index in [4.69, 9.17) is 0 Å². The van der Waals surface area contributed by atoms with E-state index >= 15 is 0 Å². The molecule has 21 heavy (non-hydrogen) atoms. The summed E-state index contributed by atoms with van der Waals surface area (Å²) < 4.78 is 14.1. The number of nitrogens with zero attached hydrogens (tertiary/aromatic N) is 1. The Labute approximate surface area is 130 Å². The first-order valence-electron chi connectivity index (χ1n) is 6.59. The molecule has 2 aromatic carbocycles. The number of aromatic nitrogens is 1. The third kappa shape index (κ3) is 3.12. The van der Waals surface area contributed by atoms with Gasteiger partial charge in [0.25, 0.3) is 0 Å². The maximum Gasteiger partial charge on any atom is 0.124 e. The fraction of sp³-hybridized carbons (Fsp3) is 0.118. The maximum absolute atomic E-state index is 13.4. The lowest BCUT2D eigenvalue weighted by atomic mass is 9.98. The van der Waals surface area contributed by atoms with Gasteiger partial charge in [-0.15, -0.1) is 0 Å². The average Bonchev–Trinajstić information content (AvgIpc) is 2.45. The monoisotopic (exact) mass is 345 g/mol. The molecule has 1 atom stereocenters. The van der Waals surface area contributed by atoms with E-state index in [1.807, 2.05) is 30.3 Å². The first kappa shape index (κ1) is 14.2. The normalized spacial score (nSPS) is 12.5. The number of fused-ring (bicyclic) bond motifs is 1. The number of aliphatic hydroxyl groups is 1. The lowest BCUT2D eigenvalue weighted by molar-refractivity contribution is 0.179. The molecule has 0 saturated carbocycles. The van der Waals surface area contributed by atoms with Gasteiger partial charge in [0.15, 0.2) is 0 Å². The van der Waals surface area contributed by atoms with E-state index in [0.29, 0.717) is 10.9 Å². The molecular weight excluding hydrogens is 333 g/mol. The summed E-state index contributed by atoms with van der Waals surface area (Å²) in [4.78, 5) is 4.17. The molecule has 0 aliphatic carbocycles. The smallest absolute Gasteiger partial charge is 0.124 e. The van der Waals surface area contributed by atoms with Crippen molar-refractivity contribution >= 4 is 26.7 Å². The van der Waals surface area contributed by atoms with Crippen molar-refractivity contribution in [2.75, 3.05) is 0 Å². The van der Waals surface area contributed by atoms with Gasteiger partial charge in [-0.1, -0.05) is 40.2 Å². The van der Waals surface area contributed by atoms with Crippen molar-refractivity contribution in [2.24, 2.45) is 0 Å². The van der Waals surface area contributed by atoms with Crippen LogP contribution in [-0.4, -0.2) is 10.1 Å². The molecule has 3 aromatic rings. The number of aliphatic hydroxyl groups excluding tert-OH is 1. The molecule has 0 spiro atoms. The van der Waals surface area contributed by atoms with Gasteiger partial charge < -0.3 is 5.11 Å². The van der Waals surface area contributed by atoms with Crippen LogP contribution in [0.4, 0.5) is 4.39 Å². The quantitative estimate of drug-likeness (QED) is 0.762. The summed E-state index contributed by atoms with van der Waals surface area (Å²) in [5.41, 5.74) is 1.50. The molecule has 0 bridgehead atoms. The molecule has 1 N–H and O–H groups in total. The van der Waals surface area contributed by atoms with Gasteiger partial charge in [0.05, 0.1) is 6.10 Å². The van der Waals surface area contributed by atoms with Gasteiger partial charge in [0, 0.05) is 34.2 Å². The minimum absolute atomic E-state index is 0.317. The Morgan fingerprint density at radius 2 is 1.95 bits per heavy atom. The molecule has 0 aliphatic rings. The highest BCUT2D eigenvalue weighted by molar-refractivity contribution is 9.10. The highest BCUT2D eigenvalue weighted by Gasteiger charge is 2.13. The van der Waals surface area contributed by atoms with Crippen molar-refractivity contribution in [3.8, 4) is 0 Å². The molecule has 4 heteroatoms. The van der Waals surface area contributed by atoms with Crippen LogP contribution in [0.5, 0.6) is 0 Å². The number of pyridine rings is 1. The van der Waals surface area contributed by atoms with Crippen molar-refractivity contribution in [3.63, 3.8) is 0 Å². The van der Waals surface area contributed by atoms with Crippen LogP contribution in [0.3, 0.4) is 0 Å². The van der Waals surface area contributed by atoms with Crippen LogP contribution in [0.1, 0.15) is 17.2 Å². The Hall–Kier alpha value is -1.78. The van der Waals surface area contributed by atoms with Crippen LogP contribution in [0, 0.1) is 5.82 Å². The van der Waals surface area contributed by atoms with Crippen LogP contribution >= 0.6 is 15.9 Å². The van der Waals surface area contributed by atoms with Gasteiger partial charge in [0.1, 0.15) is 5.82 Å². The third-order valence-corrected chi connectivity index (χ3v) is 3.87. The fourth-order valence-corrected chi connectivity index (χ4v) is 2.98. The van der Waals surface area contributed by atoms with E-state index in [2.05, 4.69) is 20.9 Å². The van der Waals surface area contributed by atoms with E-state index in [9.17, 15) is 9.50 Å². The Balaban J connectivity index is 1.95. The first-order valence-corrected chi connectivity index (χ1v) is 7.38. The molecule has 0 aliphatic heterocycles. The molecule has 0 fully saturated rings.